The SMILES string of the molecule is CCC(C)C(=O)Nc1cccc(CNc2cc(-c3nc(C(C)C)no3)ccn2)c1. The fourth-order valence-corrected chi connectivity index (χ4v) is 2.65. The lowest BCUT2D eigenvalue weighted by molar-refractivity contribution is -0.119. The molecule has 2 N–H and O–H groups in total. The van der Waals surface area contributed by atoms with Gasteiger partial charge in [-0.3, -0.25) is 4.79 Å². The molecule has 1 atom stereocenters. The first-order chi connectivity index (χ1) is 14.0. The summed E-state index contributed by atoms with van der Waals surface area (Å²) < 4.78 is 5.35. The zero-order valence-corrected chi connectivity index (χ0v) is 17.3. The van der Waals surface area contributed by atoms with Gasteiger partial charge in [0.2, 0.25) is 5.91 Å². The number of pyridine rings is 1. The molecule has 0 saturated heterocycles. The van der Waals surface area contributed by atoms with E-state index >= 15 is 0 Å². The average Bonchev–Trinajstić information content (AvgIpc) is 3.23. The van der Waals surface area contributed by atoms with Crippen LogP contribution in [0.1, 0.15) is 51.4 Å². The van der Waals surface area contributed by atoms with Crippen LogP contribution in [0.3, 0.4) is 0 Å². The zero-order chi connectivity index (χ0) is 20.8. The highest BCUT2D eigenvalue weighted by Gasteiger charge is 2.13. The summed E-state index contributed by atoms with van der Waals surface area (Å²) in [6, 6.07) is 11.5. The van der Waals surface area contributed by atoms with E-state index in [1.165, 1.54) is 0 Å². The van der Waals surface area contributed by atoms with Gasteiger partial charge in [-0.05, 0) is 36.2 Å². The Balaban J connectivity index is 1.66. The Labute approximate surface area is 170 Å². The van der Waals surface area contributed by atoms with E-state index in [0.717, 1.165) is 23.2 Å². The summed E-state index contributed by atoms with van der Waals surface area (Å²) >= 11 is 0. The minimum absolute atomic E-state index is 0.00960. The zero-order valence-electron chi connectivity index (χ0n) is 17.3. The van der Waals surface area contributed by atoms with Crippen molar-refractivity contribution in [2.45, 2.75) is 46.6 Å². The minimum Gasteiger partial charge on any atom is -0.366 e. The molecule has 0 aliphatic carbocycles. The van der Waals surface area contributed by atoms with E-state index in [1.807, 2.05) is 64.1 Å². The third-order valence-electron chi connectivity index (χ3n) is 4.69. The van der Waals surface area contributed by atoms with Crippen molar-refractivity contribution >= 4 is 17.4 Å². The van der Waals surface area contributed by atoms with E-state index in [4.69, 9.17) is 4.52 Å². The van der Waals surface area contributed by atoms with Crippen molar-refractivity contribution in [2.75, 3.05) is 10.6 Å². The van der Waals surface area contributed by atoms with E-state index < -0.39 is 0 Å². The van der Waals surface area contributed by atoms with E-state index in [2.05, 4.69) is 25.8 Å². The molecule has 0 aliphatic rings. The lowest BCUT2D eigenvalue weighted by atomic mass is 10.1. The Morgan fingerprint density at radius 1 is 1.17 bits per heavy atom. The normalized spacial score (nSPS) is 12.0. The van der Waals surface area contributed by atoms with Gasteiger partial charge in [-0.25, -0.2) is 4.98 Å². The highest BCUT2D eigenvalue weighted by atomic mass is 16.5. The molecule has 0 bridgehead atoms. The van der Waals surface area contributed by atoms with Crippen LogP contribution in [0.2, 0.25) is 0 Å². The highest BCUT2D eigenvalue weighted by molar-refractivity contribution is 5.92. The van der Waals surface area contributed by atoms with Crippen molar-refractivity contribution in [1.29, 1.82) is 0 Å². The Bertz CT molecular complexity index is 967. The van der Waals surface area contributed by atoms with Gasteiger partial charge >= 0.3 is 0 Å². The molecule has 0 fully saturated rings. The molecule has 3 aromatic rings. The number of aromatic nitrogens is 3. The van der Waals surface area contributed by atoms with Crippen molar-refractivity contribution in [2.24, 2.45) is 5.92 Å². The number of hydrogen-bond acceptors (Lipinski definition) is 6. The number of nitrogens with zero attached hydrogens (tertiary/aromatic N) is 3. The summed E-state index contributed by atoms with van der Waals surface area (Å²) in [5.74, 6) is 2.11. The second-order valence-electron chi connectivity index (χ2n) is 7.39. The average molecular weight is 393 g/mol. The molecule has 0 spiro atoms. The fraction of sp³-hybridized carbons (Fsp3) is 0.364. The van der Waals surface area contributed by atoms with Crippen LogP contribution >= 0.6 is 0 Å². The predicted molar refractivity (Wildman–Crippen MR) is 113 cm³/mol. The molecule has 152 valence electrons. The Hall–Kier alpha value is -3.22. The molecule has 1 amide bonds. The van der Waals surface area contributed by atoms with Crippen LogP contribution in [0.25, 0.3) is 11.5 Å². The van der Waals surface area contributed by atoms with Gasteiger partial charge in [0.15, 0.2) is 5.82 Å². The Morgan fingerprint density at radius 3 is 2.72 bits per heavy atom. The standard InChI is InChI=1S/C22H27N5O2/c1-5-15(4)21(28)25-18-8-6-7-16(11-18)13-24-19-12-17(9-10-23-19)22-26-20(14(2)3)27-29-22/h6-12,14-15H,5,13H2,1-4H3,(H,23,24)(H,25,28). The number of amides is 1. The molecule has 29 heavy (non-hydrogen) atoms. The predicted octanol–water partition coefficient (Wildman–Crippen LogP) is 4.85. The molecule has 2 aromatic heterocycles. The van der Waals surface area contributed by atoms with Crippen molar-refractivity contribution < 1.29 is 9.32 Å². The van der Waals surface area contributed by atoms with E-state index in [0.29, 0.717) is 24.1 Å². The quantitative estimate of drug-likeness (QED) is 0.568. The van der Waals surface area contributed by atoms with Gasteiger partial charge in [0.05, 0.1) is 0 Å². The largest absolute Gasteiger partial charge is 0.366 e. The molecule has 7 nitrogen and oxygen atoms in total. The van der Waals surface area contributed by atoms with Crippen LogP contribution in [0, 0.1) is 5.92 Å². The van der Waals surface area contributed by atoms with Crippen LogP contribution in [0.5, 0.6) is 0 Å². The van der Waals surface area contributed by atoms with Gasteiger partial charge in [0.25, 0.3) is 5.89 Å². The van der Waals surface area contributed by atoms with Crippen LogP contribution in [-0.2, 0) is 11.3 Å². The summed E-state index contributed by atoms with van der Waals surface area (Å²) in [6.07, 6.45) is 2.52. The molecule has 0 aliphatic heterocycles. The maximum Gasteiger partial charge on any atom is 0.258 e. The monoisotopic (exact) mass is 393 g/mol. The number of anilines is 2. The number of carbonyl (C=O) groups excluding carboxylic acids is 1. The first-order valence-electron chi connectivity index (χ1n) is 9.90. The molecule has 0 saturated carbocycles. The third-order valence-corrected chi connectivity index (χ3v) is 4.69. The first-order valence-corrected chi connectivity index (χ1v) is 9.90. The topological polar surface area (TPSA) is 92.9 Å². The first kappa shape index (κ1) is 20.5. The van der Waals surface area contributed by atoms with Gasteiger partial charge in [0, 0.05) is 35.8 Å². The molecule has 2 heterocycles. The van der Waals surface area contributed by atoms with E-state index in [9.17, 15) is 4.79 Å². The van der Waals surface area contributed by atoms with E-state index in [-0.39, 0.29) is 17.7 Å². The number of hydrogen-bond donors (Lipinski definition) is 2. The van der Waals surface area contributed by atoms with Gasteiger partial charge in [-0.1, -0.05) is 45.0 Å². The number of benzene rings is 1. The van der Waals surface area contributed by atoms with Gasteiger partial charge in [-0.2, -0.15) is 4.98 Å². The summed E-state index contributed by atoms with van der Waals surface area (Å²) in [6.45, 7) is 8.54. The molecule has 7 heteroatoms. The van der Waals surface area contributed by atoms with Gasteiger partial charge in [0.1, 0.15) is 5.82 Å². The van der Waals surface area contributed by atoms with Crippen molar-refractivity contribution in [3.63, 3.8) is 0 Å². The fourth-order valence-electron chi connectivity index (χ4n) is 2.65. The van der Waals surface area contributed by atoms with Crippen LogP contribution in [0.4, 0.5) is 11.5 Å². The molecular formula is C22H27N5O2. The molecular weight excluding hydrogens is 366 g/mol. The number of nitrogens with one attached hydrogen (secondary N) is 2. The molecule has 3 rings (SSSR count). The van der Waals surface area contributed by atoms with Gasteiger partial charge < -0.3 is 15.2 Å². The molecule has 1 aromatic carbocycles. The highest BCUT2D eigenvalue weighted by Crippen LogP contribution is 2.22. The lowest BCUT2D eigenvalue weighted by Crippen LogP contribution is -2.19. The van der Waals surface area contributed by atoms with Crippen molar-refractivity contribution in [3.05, 3.63) is 54.0 Å². The maximum absolute atomic E-state index is 12.1. The lowest BCUT2D eigenvalue weighted by Gasteiger charge is -2.12. The Morgan fingerprint density at radius 2 is 2.00 bits per heavy atom. The second kappa shape index (κ2) is 9.32. The van der Waals surface area contributed by atoms with Crippen LogP contribution in [-0.4, -0.2) is 21.0 Å². The Kier molecular flexibility index (Phi) is 6.59. The van der Waals surface area contributed by atoms with Crippen LogP contribution in [0.15, 0.2) is 47.1 Å². The minimum atomic E-state index is -0.00960. The summed E-state index contributed by atoms with van der Waals surface area (Å²) in [7, 11) is 0. The van der Waals surface area contributed by atoms with Crippen molar-refractivity contribution in [1.82, 2.24) is 15.1 Å². The molecule has 1 unspecified atom stereocenters. The number of carbonyl (C=O) groups is 1. The smallest absolute Gasteiger partial charge is 0.258 e. The van der Waals surface area contributed by atoms with Crippen molar-refractivity contribution in [3.8, 4) is 11.5 Å². The van der Waals surface area contributed by atoms with Gasteiger partial charge in [-0.15, -0.1) is 0 Å². The van der Waals surface area contributed by atoms with E-state index in [1.54, 1.807) is 6.20 Å². The maximum atomic E-state index is 12.1. The number of rotatable bonds is 8. The molecule has 0 radical (unpaired) electrons. The second-order valence-corrected chi connectivity index (χ2v) is 7.39. The third kappa shape index (κ3) is 5.40. The summed E-state index contributed by atoms with van der Waals surface area (Å²) in [4.78, 5) is 20.9. The van der Waals surface area contributed by atoms with Crippen LogP contribution < -0.4 is 10.6 Å². The summed E-state index contributed by atoms with van der Waals surface area (Å²) in [5.41, 5.74) is 2.65. The summed E-state index contributed by atoms with van der Waals surface area (Å²) in [5, 5.41) is 10.3.